The Morgan fingerprint density at radius 2 is 2.30 bits per heavy atom. The van der Waals surface area contributed by atoms with Gasteiger partial charge in [-0.05, 0) is 56.9 Å². The zero-order valence-corrected chi connectivity index (χ0v) is 12.4. The number of anilines is 1. The third kappa shape index (κ3) is 3.97. The van der Waals surface area contributed by atoms with Crippen molar-refractivity contribution < 1.29 is 9.53 Å². The first kappa shape index (κ1) is 14.9. The van der Waals surface area contributed by atoms with Gasteiger partial charge < -0.3 is 15.4 Å². The highest BCUT2D eigenvalue weighted by molar-refractivity contribution is 5.96. The van der Waals surface area contributed by atoms with E-state index in [4.69, 9.17) is 4.74 Å². The van der Waals surface area contributed by atoms with E-state index >= 15 is 0 Å². The Morgan fingerprint density at radius 1 is 1.45 bits per heavy atom. The third-order valence-electron chi connectivity index (χ3n) is 3.63. The fraction of sp³-hybridized carbons (Fsp3) is 0.562. The van der Waals surface area contributed by atoms with Gasteiger partial charge in [0.15, 0.2) is 0 Å². The quantitative estimate of drug-likeness (QED) is 0.840. The van der Waals surface area contributed by atoms with Crippen LogP contribution in [0.15, 0.2) is 18.2 Å². The summed E-state index contributed by atoms with van der Waals surface area (Å²) in [5.74, 6) is 0.00328. The van der Waals surface area contributed by atoms with Gasteiger partial charge in [0.25, 0.3) is 5.91 Å². The number of hydrogen-bond donors (Lipinski definition) is 2. The monoisotopic (exact) mass is 276 g/mol. The number of rotatable bonds is 6. The van der Waals surface area contributed by atoms with E-state index in [-0.39, 0.29) is 5.91 Å². The van der Waals surface area contributed by atoms with Crippen molar-refractivity contribution in [1.82, 2.24) is 5.32 Å². The average molecular weight is 276 g/mol. The van der Waals surface area contributed by atoms with Crippen LogP contribution in [0.3, 0.4) is 0 Å². The molecule has 1 fully saturated rings. The molecule has 0 bridgehead atoms. The predicted octanol–water partition coefficient (Wildman–Crippen LogP) is 2.73. The van der Waals surface area contributed by atoms with Gasteiger partial charge in [-0.3, -0.25) is 4.79 Å². The topological polar surface area (TPSA) is 50.4 Å². The SMILES string of the molecule is CCNc1ccc(C(=O)NCCC2CCCO2)c(C)c1. The fourth-order valence-corrected chi connectivity index (χ4v) is 2.55. The van der Waals surface area contributed by atoms with Crippen LogP contribution in [0.25, 0.3) is 0 Å². The average Bonchev–Trinajstić information content (AvgIpc) is 2.92. The molecule has 1 aliphatic rings. The van der Waals surface area contributed by atoms with Crippen molar-refractivity contribution in [3.8, 4) is 0 Å². The highest BCUT2D eigenvalue weighted by Crippen LogP contribution is 2.16. The van der Waals surface area contributed by atoms with Crippen LogP contribution in [0.5, 0.6) is 0 Å². The summed E-state index contributed by atoms with van der Waals surface area (Å²) >= 11 is 0. The lowest BCUT2D eigenvalue weighted by Gasteiger charge is -2.12. The molecule has 1 aromatic carbocycles. The van der Waals surface area contributed by atoms with Crippen LogP contribution in [0, 0.1) is 6.92 Å². The molecule has 0 aliphatic carbocycles. The zero-order chi connectivity index (χ0) is 14.4. The Labute approximate surface area is 120 Å². The number of nitrogens with one attached hydrogen (secondary N) is 2. The summed E-state index contributed by atoms with van der Waals surface area (Å²) in [6.07, 6.45) is 3.49. The van der Waals surface area contributed by atoms with Crippen LogP contribution >= 0.6 is 0 Å². The molecule has 1 heterocycles. The molecule has 2 N–H and O–H groups in total. The second kappa shape index (κ2) is 7.29. The molecule has 1 aromatic rings. The normalized spacial score (nSPS) is 18.0. The number of ether oxygens (including phenoxy) is 1. The molecule has 0 spiro atoms. The van der Waals surface area contributed by atoms with Crippen molar-refractivity contribution >= 4 is 11.6 Å². The van der Waals surface area contributed by atoms with Gasteiger partial charge in [-0.2, -0.15) is 0 Å². The smallest absolute Gasteiger partial charge is 0.251 e. The Bertz CT molecular complexity index is 454. The van der Waals surface area contributed by atoms with Crippen LogP contribution in [0.4, 0.5) is 5.69 Å². The molecule has 2 rings (SSSR count). The standard InChI is InChI=1S/C16H24N2O2/c1-3-17-13-6-7-15(12(2)11-13)16(19)18-9-8-14-5-4-10-20-14/h6-7,11,14,17H,3-5,8-10H2,1-2H3,(H,18,19). The summed E-state index contributed by atoms with van der Waals surface area (Å²) < 4.78 is 5.55. The maximum atomic E-state index is 12.1. The van der Waals surface area contributed by atoms with E-state index in [1.807, 2.05) is 25.1 Å². The Kier molecular flexibility index (Phi) is 5.41. The van der Waals surface area contributed by atoms with E-state index in [0.29, 0.717) is 12.6 Å². The minimum absolute atomic E-state index is 0.00328. The highest BCUT2D eigenvalue weighted by atomic mass is 16.5. The molecule has 1 atom stereocenters. The van der Waals surface area contributed by atoms with Crippen molar-refractivity contribution in [1.29, 1.82) is 0 Å². The third-order valence-corrected chi connectivity index (χ3v) is 3.63. The van der Waals surface area contributed by atoms with E-state index in [0.717, 1.165) is 49.2 Å². The number of amides is 1. The summed E-state index contributed by atoms with van der Waals surface area (Å²) in [6.45, 7) is 6.45. The van der Waals surface area contributed by atoms with Gasteiger partial charge >= 0.3 is 0 Å². The van der Waals surface area contributed by atoms with E-state index in [1.54, 1.807) is 0 Å². The Balaban J connectivity index is 1.85. The van der Waals surface area contributed by atoms with Crippen LogP contribution in [0.2, 0.25) is 0 Å². The molecule has 1 amide bonds. The Hall–Kier alpha value is -1.55. The number of aryl methyl sites for hydroxylation is 1. The van der Waals surface area contributed by atoms with Gasteiger partial charge in [0.1, 0.15) is 0 Å². The number of benzene rings is 1. The van der Waals surface area contributed by atoms with Crippen LogP contribution < -0.4 is 10.6 Å². The first-order valence-corrected chi connectivity index (χ1v) is 7.45. The van der Waals surface area contributed by atoms with Gasteiger partial charge in [-0.1, -0.05) is 0 Å². The second-order valence-corrected chi connectivity index (χ2v) is 5.24. The maximum Gasteiger partial charge on any atom is 0.251 e. The number of carbonyl (C=O) groups excluding carboxylic acids is 1. The van der Waals surface area contributed by atoms with Crippen LogP contribution in [-0.4, -0.2) is 31.7 Å². The molecule has 1 saturated heterocycles. The molecular weight excluding hydrogens is 252 g/mol. The molecule has 20 heavy (non-hydrogen) atoms. The lowest BCUT2D eigenvalue weighted by molar-refractivity contribution is 0.0907. The molecule has 1 aliphatic heterocycles. The molecule has 0 aromatic heterocycles. The van der Waals surface area contributed by atoms with E-state index < -0.39 is 0 Å². The Morgan fingerprint density at radius 3 is 2.95 bits per heavy atom. The molecule has 4 nitrogen and oxygen atoms in total. The summed E-state index contributed by atoms with van der Waals surface area (Å²) in [5.41, 5.74) is 2.80. The zero-order valence-electron chi connectivity index (χ0n) is 12.4. The summed E-state index contributed by atoms with van der Waals surface area (Å²) in [4.78, 5) is 12.1. The van der Waals surface area contributed by atoms with Crippen molar-refractivity contribution in [3.63, 3.8) is 0 Å². The predicted molar refractivity (Wildman–Crippen MR) is 81.3 cm³/mol. The van der Waals surface area contributed by atoms with Gasteiger partial charge in [0.2, 0.25) is 0 Å². The van der Waals surface area contributed by atoms with Crippen LogP contribution in [0.1, 0.15) is 42.1 Å². The second-order valence-electron chi connectivity index (χ2n) is 5.24. The molecule has 110 valence electrons. The van der Waals surface area contributed by atoms with Gasteiger partial charge in [0.05, 0.1) is 6.10 Å². The first-order chi connectivity index (χ1) is 9.70. The molecule has 0 radical (unpaired) electrons. The van der Waals surface area contributed by atoms with E-state index in [9.17, 15) is 4.79 Å². The fourth-order valence-electron chi connectivity index (χ4n) is 2.55. The van der Waals surface area contributed by atoms with Crippen molar-refractivity contribution in [2.75, 3.05) is 25.0 Å². The highest BCUT2D eigenvalue weighted by Gasteiger charge is 2.16. The van der Waals surface area contributed by atoms with Crippen molar-refractivity contribution in [2.45, 2.75) is 39.2 Å². The van der Waals surface area contributed by atoms with Crippen LogP contribution in [-0.2, 0) is 4.74 Å². The minimum atomic E-state index is 0.00328. The molecule has 4 heteroatoms. The van der Waals surface area contributed by atoms with Gasteiger partial charge in [-0.15, -0.1) is 0 Å². The van der Waals surface area contributed by atoms with E-state index in [1.165, 1.54) is 0 Å². The maximum absolute atomic E-state index is 12.1. The molecular formula is C16H24N2O2. The van der Waals surface area contributed by atoms with Gasteiger partial charge in [-0.25, -0.2) is 0 Å². The lowest BCUT2D eigenvalue weighted by Crippen LogP contribution is -2.27. The number of hydrogen-bond acceptors (Lipinski definition) is 3. The molecule has 1 unspecified atom stereocenters. The largest absolute Gasteiger partial charge is 0.385 e. The summed E-state index contributed by atoms with van der Waals surface area (Å²) in [7, 11) is 0. The van der Waals surface area contributed by atoms with Crippen molar-refractivity contribution in [2.24, 2.45) is 0 Å². The first-order valence-electron chi connectivity index (χ1n) is 7.45. The van der Waals surface area contributed by atoms with Gasteiger partial charge in [0, 0.05) is 30.9 Å². The number of carbonyl (C=O) groups is 1. The van der Waals surface area contributed by atoms with E-state index in [2.05, 4.69) is 17.6 Å². The lowest BCUT2D eigenvalue weighted by atomic mass is 10.1. The minimum Gasteiger partial charge on any atom is -0.385 e. The summed E-state index contributed by atoms with van der Waals surface area (Å²) in [6, 6.07) is 5.85. The summed E-state index contributed by atoms with van der Waals surface area (Å²) in [5, 5.41) is 6.23. The van der Waals surface area contributed by atoms with Crippen molar-refractivity contribution in [3.05, 3.63) is 29.3 Å². The molecule has 0 saturated carbocycles.